The van der Waals surface area contributed by atoms with E-state index in [9.17, 15) is 4.79 Å². The molecular weight excluding hydrogens is 216 g/mol. The first-order valence-corrected chi connectivity index (χ1v) is 5.61. The second-order valence-corrected chi connectivity index (χ2v) is 4.17. The largest absolute Gasteiger partial charge is 0.369 e. The van der Waals surface area contributed by atoms with Crippen LogP contribution >= 0.6 is 0 Å². The van der Waals surface area contributed by atoms with Crippen LogP contribution < -0.4 is 10.6 Å². The van der Waals surface area contributed by atoms with E-state index in [-0.39, 0.29) is 11.8 Å². The predicted molar refractivity (Wildman–Crippen MR) is 63.1 cm³/mol. The van der Waals surface area contributed by atoms with Crippen molar-refractivity contribution in [1.82, 2.24) is 4.98 Å². The summed E-state index contributed by atoms with van der Waals surface area (Å²) in [7, 11) is 0. The highest BCUT2D eigenvalue weighted by Gasteiger charge is 2.25. The van der Waals surface area contributed by atoms with Gasteiger partial charge in [0.25, 0.3) is 0 Å². The van der Waals surface area contributed by atoms with E-state index < -0.39 is 0 Å². The Hall–Kier alpha value is -2.09. The standard InChI is InChI=1S/C12H14N4O/c13-7-9-3-1-5-15-12(9)16-6-2-4-10(8-16)11(14)17/h1,3,5,10H,2,4,6,8H2,(H2,14,17)/t10-/m0/s1. The normalized spacial score (nSPS) is 19.7. The smallest absolute Gasteiger partial charge is 0.222 e. The minimum atomic E-state index is -0.274. The number of amides is 1. The van der Waals surface area contributed by atoms with Gasteiger partial charge >= 0.3 is 0 Å². The van der Waals surface area contributed by atoms with Gasteiger partial charge in [-0.3, -0.25) is 4.79 Å². The quantitative estimate of drug-likeness (QED) is 0.808. The van der Waals surface area contributed by atoms with E-state index in [2.05, 4.69) is 11.1 Å². The van der Waals surface area contributed by atoms with Crippen molar-refractivity contribution < 1.29 is 4.79 Å². The maximum atomic E-state index is 11.2. The van der Waals surface area contributed by atoms with E-state index >= 15 is 0 Å². The van der Waals surface area contributed by atoms with Gasteiger partial charge in [0.15, 0.2) is 0 Å². The van der Waals surface area contributed by atoms with Gasteiger partial charge in [0, 0.05) is 19.3 Å². The maximum Gasteiger partial charge on any atom is 0.222 e. The van der Waals surface area contributed by atoms with Gasteiger partial charge in [-0.25, -0.2) is 4.98 Å². The SMILES string of the molecule is N#Cc1cccnc1N1CCC[C@H](C(N)=O)C1. The molecule has 1 fully saturated rings. The number of carbonyl (C=O) groups excluding carboxylic acids is 1. The summed E-state index contributed by atoms with van der Waals surface area (Å²) in [6.45, 7) is 1.37. The van der Waals surface area contributed by atoms with Crippen molar-refractivity contribution in [2.24, 2.45) is 11.7 Å². The zero-order valence-electron chi connectivity index (χ0n) is 9.47. The molecule has 0 aromatic carbocycles. The Morgan fingerprint density at radius 1 is 1.65 bits per heavy atom. The lowest BCUT2D eigenvalue weighted by Gasteiger charge is -2.32. The fraction of sp³-hybridized carbons (Fsp3) is 0.417. The second-order valence-electron chi connectivity index (χ2n) is 4.17. The van der Waals surface area contributed by atoms with Crippen LogP contribution in [0.25, 0.3) is 0 Å². The van der Waals surface area contributed by atoms with Crippen molar-refractivity contribution in [2.45, 2.75) is 12.8 Å². The molecule has 1 saturated heterocycles. The number of rotatable bonds is 2. The van der Waals surface area contributed by atoms with E-state index in [1.165, 1.54) is 0 Å². The zero-order chi connectivity index (χ0) is 12.3. The lowest BCUT2D eigenvalue weighted by atomic mass is 9.97. The number of pyridine rings is 1. The molecule has 17 heavy (non-hydrogen) atoms. The van der Waals surface area contributed by atoms with E-state index in [4.69, 9.17) is 11.0 Å². The van der Waals surface area contributed by atoms with Gasteiger partial charge in [-0.05, 0) is 25.0 Å². The number of hydrogen-bond donors (Lipinski definition) is 1. The van der Waals surface area contributed by atoms with Crippen molar-refractivity contribution in [3.63, 3.8) is 0 Å². The Morgan fingerprint density at radius 3 is 3.18 bits per heavy atom. The molecule has 2 N–H and O–H groups in total. The molecule has 1 aliphatic heterocycles. The van der Waals surface area contributed by atoms with Crippen LogP contribution in [-0.4, -0.2) is 24.0 Å². The average Bonchev–Trinajstić information content (AvgIpc) is 2.39. The van der Waals surface area contributed by atoms with E-state index in [1.807, 2.05) is 4.90 Å². The summed E-state index contributed by atoms with van der Waals surface area (Å²) in [5.41, 5.74) is 5.87. The molecule has 0 aliphatic carbocycles. The number of carbonyl (C=O) groups is 1. The van der Waals surface area contributed by atoms with Gasteiger partial charge in [-0.15, -0.1) is 0 Å². The second kappa shape index (κ2) is 4.83. The minimum Gasteiger partial charge on any atom is -0.369 e. The predicted octanol–water partition coefficient (Wildman–Crippen LogP) is 0.655. The third-order valence-corrected chi connectivity index (χ3v) is 3.03. The third kappa shape index (κ3) is 2.36. The van der Waals surface area contributed by atoms with E-state index in [0.717, 1.165) is 19.4 Å². The first-order chi connectivity index (χ1) is 8.22. The first kappa shape index (κ1) is 11.4. The fourth-order valence-electron chi connectivity index (χ4n) is 2.14. The van der Waals surface area contributed by atoms with Gasteiger partial charge in [0.2, 0.25) is 5.91 Å². The molecule has 1 aliphatic rings. The molecule has 5 heteroatoms. The van der Waals surface area contributed by atoms with E-state index in [0.29, 0.717) is 17.9 Å². The summed E-state index contributed by atoms with van der Waals surface area (Å²) in [5.74, 6) is 0.238. The lowest BCUT2D eigenvalue weighted by Crippen LogP contribution is -2.41. The fourth-order valence-corrected chi connectivity index (χ4v) is 2.14. The Morgan fingerprint density at radius 2 is 2.47 bits per heavy atom. The molecule has 0 bridgehead atoms. The maximum absolute atomic E-state index is 11.2. The highest BCUT2D eigenvalue weighted by Crippen LogP contribution is 2.23. The van der Waals surface area contributed by atoms with Crippen LogP contribution in [0.3, 0.4) is 0 Å². The molecule has 0 unspecified atom stereocenters. The Labute approximate surface area is 99.9 Å². The summed E-state index contributed by atoms with van der Waals surface area (Å²) >= 11 is 0. The summed E-state index contributed by atoms with van der Waals surface area (Å²) in [4.78, 5) is 17.4. The van der Waals surface area contributed by atoms with Crippen LogP contribution in [0.2, 0.25) is 0 Å². The zero-order valence-corrected chi connectivity index (χ0v) is 9.47. The van der Waals surface area contributed by atoms with Crippen LogP contribution in [0.15, 0.2) is 18.3 Å². The van der Waals surface area contributed by atoms with Crippen LogP contribution in [-0.2, 0) is 4.79 Å². The van der Waals surface area contributed by atoms with Gasteiger partial charge in [0.05, 0.1) is 11.5 Å². The topological polar surface area (TPSA) is 83.0 Å². The Bertz CT molecular complexity index is 466. The van der Waals surface area contributed by atoms with Gasteiger partial charge in [-0.2, -0.15) is 5.26 Å². The number of nitrogens with two attached hydrogens (primary N) is 1. The summed E-state index contributed by atoms with van der Waals surface area (Å²) in [6, 6.07) is 5.58. The van der Waals surface area contributed by atoms with Gasteiger partial charge < -0.3 is 10.6 Å². The molecule has 1 amide bonds. The van der Waals surface area contributed by atoms with Gasteiger partial charge in [0.1, 0.15) is 11.9 Å². The number of nitrogens with zero attached hydrogens (tertiary/aromatic N) is 3. The number of nitriles is 1. The van der Waals surface area contributed by atoms with Crippen LogP contribution in [0, 0.1) is 17.2 Å². The molecule has 1 aromatic heterocycles. The van der Waals surface area contributed by atoms with Crippen LogP contribution in [0.1, 0.15) is 18.4 Å². The number of primary amides is 1. The molecule has 88 valence electrons. The molecule has 0 spiro atoms. The number of hydrogen-bond acceptors (Lipinski definition) is 4. The Balaban J connectivity index is 2.22. The van der Waals surface area contributed by atoms with Crippen molar-refractivity contribution in [3.8, 4) is 6.07 Å². The third-order valence-electron chi connectivity index (χ3n) is 3.03. The summed E-state index contributed by atoms with van der Waals surface area (Å²) in [5, 5.41) is 9.02. The average molecular weight is 230 g/mol. The minimum absolute atomic E-state index is 0.141. The summed E-state index contributed by atoms with van der Waals surface area (Å²) < 4.78 is 0. The number of anilines is 1. The molecule has 5 nitrogen and oxygen atoms in total. The molecule has 1 atom stereocenters. The van der Waals surface area contributed by atoms with Gasteiger partial charge in [-0.1, -0.05) is 0 Å². The monoisotopic (exact) mass is 230 g/mol. The summed E-state index contributed by atoms with van der Waals surface area (Å²) in [6.07, 6.45) is 3.37. The molecule has 2 heterocycles. The molecule has 2 rings (SSSR count). The van der Waals surface area contributed by atoms with Crippen LogP contribution in [0.4, 0.5) is 5.82 Å². The van der Waals surface area contributed by atoms with Crippen molar-refractivity contribution in [3.05, 3.63) is 23.9 Å². The molecule has 0 saturated carbocycles. The molecular formula is C12H14N4O. The van der Waals surface area contributed by atoms with Crippen LogP contribution in [0.5, 0.6) is 0 Å². The lowest BCUT2D eigenvalue weighted by molar-refractivity contribution is -0.122. The molecule has 1 aromatic rings. The highest BCUT2D eigenvalue weighted by molar-refractivity contribution is 5.77. The van der Waals surface area contributed by atoms with Crippen molar-refractivity contribution in [2.75, 3.05) is 18.0 Å². The van der Waals surface area contributed by atoms with Crippen molar-refractivity contribution >= 4 is 11.7 Å². The Kier molecular flexibility index (Phi) is 3.24. The highest BCUT2D eigenvalue weighted by atomic mass is 16.1. The molecule has 0 radical (unpaired) electrons. The van der Waals surface area contributed by atoms with Crippen molar-refractivity contribution in [1.29, 1.82) is 5.26 Å². The number of aromatic nitrogens is 1. The first-order valence-electron chi connectivity index (χ1n) is 5.61. The number of piperidine rings is 1. The van der Waals surface area contributed by atoms with E-state index in [1.54, 1.807) is 18.3 Å².